The van der Waals surface area contributed by atoms with Crippen LogP contribution in [-0.4, -0.2) is 0 Å². The van der Waals surface area contributed by atoms with Crippen molar-refractivity contribution in [1.82, 2.24) is 0 Å². The SMILES string of the molecule is CC1CCc2cc(C(C)(C)I)ccc21. The molecule has 2 rings (SSSR count). The Labute approximate surface area is 100 Å². The first-order chi connectivity index (χ1) is 6.48. The number of rotatable bonds is 1. The minimum absolute atomic E-state index is 0.263. The van der Waals surface area contributed by atoms with Crippen molar-refractivity contribution in [2.24, 2.45) is 0 Å². The number of aryl methyl sites for hydroxylation is 1. The number of hydrogen-bond donors (Lipinski definition) is 0. The van der Waals surface area contributed by atoms with E-state index < -0.39 is 0 Å². The van der Waals surface area contributed by atoms with E-state index >= 15 is 0 Å². The molecule has 1 heteroatoms. The number of benzene rings is 1. The summed E-state index contributed by atoms with van der Waals surface area (Å²) >= 11 is 2.51. The van der Waals surface area contributed by atoms with Gasteiger partial charge in [-0.25, -0.2) is 0 Å². The summed E-state index contributed by atoms with van der Waals surface area (Å²) in [5.41, 5.74) is 4.63. The molecule has 1 aliphatic rings. The van der Waals surface area contributed by atoms with Crippen LogP contribution in [0, 0.1) is 0 Å². The summed E-state index contributed by atoms with van der Waals surface area (Å²) in [5, 5.41) is 0. The van der Waals surface area contributed by atoms with E-state index in [4.69, 9.17) is 0 Å². The zero-order valence-electron chi connectivity index (χ0n) is 9.10. The Morgan fingerprint density at radius 2 is 2.07 bits per heavy atom. The van der Waals surface area contributed by atoms with Crippen molar-refractivity contribution >= 4 is 22.6 Å². The van der Waals surface area contributed by atoms with Gasteiger partial charge >= 0.3 is 0 Å². The standard InChI is InChI=1S/C13H17I/c1-9-4-5-10-8-11(13(2,3)14)6-7-12(9)10/h6-9H,4-5H2,1-3H3. The van der Waals surface area contributed by atoms with Gasteiger partial charge in [-0.05, 0) is 49.3 Å². The summed E-state index contributed by atoms with van der Waals surface area (Å²) in [5.74, 6) is 0.774. The number of halogens is 1. The van der Waals surface area contributed by atoms with Gasteiger partial charge in [-0.1, -0.05) is 47.7 Å². The molecule has 0 spiro atoms. The van der Waals surface area contributed by atoms with E-state index in [-0.39, 0.29) is 3.42 Å². The third kappa shape index (κ3) is 1.83. The predicted molar refractivity (Wildman–Crippen MR) is 70.2 cm³/mol. The Bertz CT molecular complexity index is 347. The van der Waals surface area contributed by atoms with Crippen LogP contribution in [0.3, 0.4) is 0 Å². The minimum Gasteiger partial charge on any atom is -0.0743 e. The highest BCUT2D eigenvalue weighted by molar-refractivity contribution is 14.1. The van der Waals surface area contributed by atoms with Gasteiger partial charge in [-0.2, -0.15) is 0 Å². The van der Waals surface area contributed by atoms with Crippen molar-refractivity contribution in [3.63, 3.8) is 0 Å². The molecule has 0 saturated carbocycles. The average Bonchev–Trinajstić information content (AvgIpc) is 2.46. The van der Waals surface area contributed by atoms with E-state index in [0.717, 1.165) is 5.92 Å². The molecule has 1 atom stereocenters. The molecular weight excluding hydrogens is 283 g/mol. The van der Waals surface area contributed by atoms with E-state index in [9.17, 15) is 0 Å². The highest BCUT2D eigenvalue weighted by atomic mass is 127. The van der Waals surface area contributed by atoms with Crippen LogP contribution in [0.4, 0.5) is 0 Å². The molecule has 0 fully saturated rings. The second kappa shape index (κ2) is 3.51. The lowest BCUT2D eigenvalue weighted by molar-refractivity contribution is 0.747. The highest BCUT2D eigenvalue weighted by Gasteiger charge is 2.22. The number of fused-ring (bicyclic) bond motifs is 1. The number of hydrogen-bond acceptors (Lipinski definition) is 0. The molecule has 1 unspecified atom stereocenters. The molecule has 0 N–H and O–H groups in total. The van der Waals surface area contributed by atoms with Crippen LogP contribution in [0.25, 0.3) is 0 Å². The van der Waals surface area contributed by atoms with Crippen molar-refractivity contribution in [2.45, 2.75) is 43.0 Å². The van der Waals surface area contributed by atoms with Gasteiger partial charge in [0.05, 0.1) is 0 Å². The van der Waals surface area contributed by atoms with E-state index in [1.165, 1.54) is 18.4 Å². The van der Waals surface area contributed by atoms with Gasteiger partial charge < -0.3 is 0 Å². The van der Waals surface area contributed by atoms with Gasteiger partial charge in [0.15, 0.2) is 0 Å². The predicted octanol–water partition coefficient (Wildman–Crippen LogP) is 4.41. The molecule has 76 valence electrons. The summed E-state index contributed by atoms with van der Waals surface area (Å²) in [6.45, 7) is 6.88. The largest absolute Gasteiger partial charge is 0.0743 e. The van der Waals surface area contributed by atoms with Crippen LogP contribution in [0.15, 0.2) is 18.2 Å². The van der Waals surface area contributed by atoms with E-state index in [2.05, 4.69) is 61.6 Å². The molecule has 0 aromatic heterocycles. The molecule has 14 heavy (non-hydrogen) atoms. The Morgan fingerprint density at radius 3 is 2.71 bits per heavy atom. The Hall–Kier alpha value is -0.0500. The van der Waals surface area contributed by atoms with Gasteiger partial charge in [0.1, 0.15) is 0 Å². The van der Waals surface area contributed by atoms with Crippen molar-refractivity contribution < 1.29 is 0 Å². The van der Waals surface area contributed by atoms with Crippen molar-refractivity contribution in [1.29, 1.82) is 0 Å². The van der Waals surface area contributed by atoms with Gasteiger partial charge in [0.2, 0.25) is 0 Å². The van der Waals surface area contributed by atoms with Crippen LogP contribution in [0.2, 0.25) is 0 Å². The molecule has 0 aliphatic heterocycles. The molecule has 0 amide bonds. The average molecular weight is 300 g/mol. The fourth-order valence-electron chi connectivity index (χ4n) is 2.20. The highest BCUT2D eigenvalue weighted by Crippen LogP contribution is 2.37. The van der Waals surface area contributed by atoms with Gasteiger partial charge in [0, 0.05) is 3.42 Å². The van der Waals surface area contributed by atoms with Gasteiger partial charge in [0.25, 0.3) is 0 Å². The fraction of sp³-hybridized carbons (Fsp3) is 0.538. The molecule has 0 saturated heterocycles. The summed E-state index contributed by atoms with van der Waals surface area (Å²) in [7, 11) is 0. The first kappa shape index (κ1) is 10.5. The first-order valence-electron chi connectivity index (χ1n) is 5.30. The minimum atomic E-state index is 0.263. The summed E-state index contributed by atoms with van der Waals surface area (Å²) in [4.78, 5) is 0. The third-order valence-corrected chi connectivity index (χ3v) is 3.83. The first-order valence-corrected chi connectivity index (χ1v) is 6.38. The normalized spacial score (nSPS) is 21.0. The van der Waals surface area contributed by atoms with Crippen LogP contribution < -0.4 is 0 Å². The lowest BCUT2D eigenvalue weighted by Gasteiger charge is -2.18. The lowest BCUT2D eigenvalue weighted by atomic mass is 9.96. The van der Waals surface area contributed by atoms with E-state index in [0.29, 0.717) is 0 Å². The second-order valence-corrected chi connectivity index (χ2v) is 7.52. The zero-order valence-corrected chi connectivity index (χ0v) is 11.3. The summed E-state index contributed by atoms with van der Waals surface area (Å²) < 4.78 is 0.263. The maximum atomic E-state index is 2.51. The van der Waals surface area contributed by atoms with Crippen LogP contribution >= 0.6 is 22.6 Å². The summed E-state index contributed by atoms with van der Waals surface area (Å²) in [6, 6.07) is 7.04. The number of alkyl halides is 1. The second-order valence-electron chi connectivity index (χ2n) is 4.83. The monoisotopic (exact) mass is 300 g/mol. The van der Waals surface area contributed by atoms with E-state index in [1.807, 2.05) is 0 Å². The van der Waals surface area contributed by atoms with Gasteiger partial charge in [-0.15, -0.1) is 0 Å². The Kier molecular flexibility index (Phi) is 2.63. The third-order valence-electron chi connectivity index (χ3n) is 3.21. The smallest absolute Gasteiger partial charge is 0.0414 e. The van der Waals surface area contributed by atoms with Gasteiger partial charge in [-0.3, -0.25) is 0 Å². The van der Waals surface area contributed by atoms with Crippen molar-refractivity contribution in [2.75, 3.05) is 0 Å². The molecule has 1 aliphatic carbocycles. The maximum Gasteiger partial charge on any atom is 0.0414 e. The summed E-state index contributed by atoms with van der Waals surface area (Å²) in [6.07, 6.45) is 2.61. The quantitative estimate of drug-likeness (QED) is 0.532. The van der Waals surface area contributed by atoms with E-state index in [1.54, 1.807) is 11.1 Å². The molecule has 1 aromatic carbocycles. The molecule has 1 aromatic rings. The fourth-order valence-corrected chi connectivity index (χ4v) is 2.54. The van der Waals surface area contributed by atoms with Crippen LogP contribution in [-0.2, 0) is 9.84 Å². The molecule has 0 nitrogen and oxygen atoms in total. The molecule has 0 heterocycles. The molecule has 0 radical (unpaired) electrons. The zero-order chi connectivity index (χ0) is 10.3. The molecule has 0 bridgehead atoms. The van der Waals surface area contributed by atoms with Crippen molar-refractivity contribution in [3.05, 3.63) is 34.9 Å². The van der Waals surface area contributed by atoms with Crippen LogP contribution in [0.1, 0.15) is 49.8 Å². The van der Waals surface area contributed by atoms with Crippen molar-refractivity contribution in [3.8, 4) is 0 Å². The topological polar surface area (TPSA) is 0 Å². The lowest BCUT2D eigenvalue weighted by Crippen LogP contribution is -2.06. The Morgan fingerprint density at radius 1 is 1.36 bits per heavy atom. The molecular formula is C13H17I. The Balaban J connectivity index is 2.42. The maximum absolute atomic E-state index is 2.51. The van der Waals surface area contributed by atoms with Crippen LogP contribution in [0.5, 0.6) is 0 Å².